The zero-order valence-corrected chi connectivity index (χ0v) is 11.5. The molecule has 0 aromatic rings. The van der Waals surface area contributed by atoms with Crippen molar-refractivity contribution < 1.29 is 14.7 Å². The summed E-state index contributed by atoms with van der Waals surface area (Å²) in [5.74, 6) is 1.35. The molecule has 0 aromatic carbocycles. The van der Waals surface area contributed by atoms with Gasteiger partial charge in [-0.2, -0.15) is 0 Å². The Kier molecular flexibility index (Phi) is 3.27. The van der Waals surface area contributed by atoms with Gasteiger partial charge in [-0.1, -0.05) is 13.3 Å². The number of carboxylic acid groups (broad SMARTS) is 1. The number of carbonyl (C=O) groups is 2. The minimum absolute atomic E-state index is 0.0847. The zero-order chi connectivity index (χ0) is 13.6. The van der Waals surface area contributed by atoms with E-state index in [0.717, 1.165) is 11.8 Å². The van der Waals surface area contributed by atoms with Crippen molar-refractivity contribution in [3.63, 3.8) is 0 Å². The molecule has 4 nitrogen and oxygen atoms in total. The molecule has 0 aromatic heterocycles. The van der Waals surface area contributed by atoms with E-state index in [9.17, 15) is 9.59 Å². The predicted octanol–water partition coefficient (Wildman–Crippen LogP) is 1.99. The highest BCUT2D eigenvalue weighted by molar-refractivity contribution is 5.79. The third-order valence-electron chi connectivity index (χ3n) is 5.60. The molecule has 1 saturated heterocycles. The summed E-state index contributed by atoms with van der Waals surface area (Å²) in [6, 6.07) is 0. The minimum Gasteiger partial charge on any atom is -0.481 e. The molecule has 2 saturated carbocycles. The van der Waals surface area contributed by atoms with Crippen molar-refractivity contribution in [2.45, 2.75) is 39.0 Å². The van der Waals surface area contributed by atoms with E-state index in [1.807, 2.05) is 6.92 Å². The Balaban J connectivity index is 1.55. The first-order valence-electron chi connectivity index (χ1n) is 7.55. The van der Waals surface area contributed by atoms with Gasteiger partial charge in [-0.15, -0.1) is 0 Å². The average molecular weight is 265 g/mol. The number of carboxylic acids is 1. The standard InChI is InChI=1S/C15H23NO3/c1-9-7-16(8-13(9)15(18)19)14(17)6-12-5-10-2-3-11(12)4-10/h9-13H,2-8H2,1H3,(H,18,19)/t9-,10?,11?,12?,13-/m1/s1. The first-order valence-corrected chi connectivity index (χ1v) is 7.55. The summed E-state index contributed by atoms with van der Waals surface area (Å²) < 4.78 is 0. The number of aliphatic carboxylic acids is 1. The predicted molar refractivity (Wildman–Crippen MR) is 70.4 cm³/mol. The van der Waals surface area contributed by atoms with Crippen LogP contribution in [-0.4, -0.2) is 35.0 Å². The van der Waals surface area contributed by atoms with Gasteiger partial charge in [0.05, 0.1) is 5.92 Å². The lowest BCUT2D eigenvalue weighted by Crippen LogP contribution is -2.32. The van der Waals surface area contributed by atoms with E-state index in [4.69, 9.17) is 5.11 Å². The van der Waals surface area contributed by atoms with Gasteiger partial charge in [0.25, 0.3) is 0 Å². The fourth-order valence-corrected chi connectivity index (χ4v) is 4.47. The summed E-state index contributed by atoms with van der Waals surface area (Å²) in [5, 5.41) is 9.12. The van der Waals surface area contributed by atoms with Gasteiger partial charge >= 0.3 is 5.97 Å². The first-order chi connectivity index (χ1) is 9.04. The second-order valence-corrected chi connectivity index (χ2v) is 6.86. The highest BCUT2D eigenvalue weighted by Crippen LogP contribution is 2.49. The molecular weight excluding hydrogens is 242 g/mol. The second kappa shape index (κ2) is 4.80. The van der Waals surface area contributed by atoms with Gasteiger partial charge in [-0.05, 0) is 42.9 Å². The summed E-state index contributed by atoms with van der Waals surface area (Å²) in [6.45, 7) is 2.97. The topological polar surface area (TPSA) is 57.6 Å². The van der Waals surface area contributed by atoms with Crippen LogP contribution in [0.3, 0.4) is 0 Å². The number of carbonyl (C=O) groups excluding carboxylic acids is 1. The molecule has 1 aliphatic heterocycles. The van der Waals surface area contributed by atoms with Crippen molar-refractivity contribution in [2.24, 2.45) is 29.6 Å². The van der Waals surface area contributed by atoms with Crippen LogP contribution in [0.25, 0.3) is 0 Å². The number of amides is 1. The number of nitrogens with zero attached hydrogens (tertiary/aromatic N) is 1. The maximum atomic E-state index is 12.3. The van der Waals surface area contributed by atoms with Crippen LogP contribution >= 0.6 is 0 Å². The molecule has 2 bridgehead atoms. The number of hydrogen-bond acceptors (Lipinski definition) is 2. The van der Waals surface area contributed by atoms with Crippen molar-refractivity contribution in [3.05, 3.63) is 0 Å². The Morgan fingerprint density at radius 2 is 2.00 bits per heavy atom. The Bertz CT molecular complexity index is 395. The van der Waals surface area contributed by atoms with E-state index in [0.29, 0.717) is 25.4 Å². The minimum atomic E-state index is -0.761. The fraction of sp³-hybridized carbons (Fsp3) is 0.867. The van der Waals surface area contributed by atoms with E-state index < -0.39 is 5.97 Å². The summed E-state index contributed by atoms with van der Waals surface area (Å²) in [4.78, 5) is 25.2. The van der Waals surface area contributed by atoms with Crippen LogP contribution in [-0.2, 0) is 9.59 Å². The van der Waals surface area contributed by atoms with Crippen LogP contribution in [0.5, 0.6) is 0 Å². The van der Waals surface area contributed by atoms with Crippen LogP contribution in [0.4, 0.5) is 0 Å². The van der Waals surface area contributed by atoms with Crippen LogP contribution in [0.15, 0.2) is 0 Å². The van der Waals surface area contributed by atoms with Gasteiger partial charge in [-0.25, -0.2) is 0 Å². The fourth-order valence-electron chi connectivity index (χ4n) is 4.47. The lowest BCUT2D eigenvalue weighted by atomic mass is 9.86. The van der Waals surface area contributed by atoms with Crippen LogP contribution in [0, 0.1) is 29.6 Å². The van der Waals surface area contributed by atoms with Crippen LogP contribution in [0.2, 0.25) is 0 Å². The molecule has 4 heteroatoms. The van der Waals surface area contributed by atoms with Gasteiger partial charge in [0.2, 0.25) is 5.91 Å². The first kappa shape index (κ1) is 12.9. The van der Waals surface area contributed by atoms with Gasteiger partial charge in [0.15, 0.2) is 0 Å². The third-order valence-corrected chi connectivity index (χ3v) is 5.60. The average Bonchev–Trinajstić information content (AvgIpc) is 3.02. The van der Waals surface area contributed by atoms with Gasteiger partial charge in [0, 0.05) is 19.5 Å². The molecule has 1 heterocycles. The number of hydrogen-bond donors (Lipinski definition) is 1. The van der Waals surface area contributed by atoms with Gasteiger partial charge in [0.1, 0.15) is 0 Å². The largest absolute Gasteiger partial charge is 0.481 e. The maximum absolute atomic E-state index is 12.3. The lowest BCUT2D eigenvalue weighted by molar-refractivity contribution is -0.142. The Morgan fingerprint density at radius 1 is 1.21 bits per heavy atom. The summed E-state index contributed by atoms with van der Waals surface area (Å²) >= 11 is 0. The number of fused-ring (bicyclic) bond motifs is 2. The number of likely N-dealkylation sites (tertiary alicyclic amines) is 1. The quantitative estimate of drug-likeness (QED) is 0.849. The molecule has 0 spiro atoms. The van der Waals surface area contributed by atoms with Crippen molar-refractivity contribution in [1.29, 1.82) is 0 Å². The van der Waals surface area contributed by atoms with Gasteiger partial charge in [-0.3, -0.25) is 9.59 Å². The summed E-state index contributed by atoms with van der Waals surface area (Å²) in [7, 11) is 0. The highest BCUT2D eigenvalue weighted by atomic mass is 16.4. The molecule has 1 N–H and O–H groups in total. The Morgan fingerprint density at radius 3 is 2.53 bits per heavy atom. The van der Waals surface area contributed by atoms with E-state index in [1.165, 1.54) is 25.7 Å². The van der Waals surface area contributed by atoms with Crippen molar-refractivity contribution >= 4 is 11.9 Å². The Labute approximate surface area is 114 Å². The molecule has 2 aliphatic carbocycles. The van der Waals surface area contributed by atoms with E-state index in [-0.39, 0.29) is 17.7 Å². The normalized spacial score (nSPS) is 40.9. The highest BCUT2D eigenvalue weighted by Gasteiger charge is 2.42. The molecule has 19 heavy (non-hydrogen) atoms. The molecule has 106 valence electrons. The molecule has 1 amide bonds. The van der Waals surface area contributed by atoms with E-state index >= 15 is 0 Å². The van der Waals surface area contributed by atoms with Crippen molar-refractivity contribution in [2.75, 3.05) is 13.1 Å². The van der Waals surface area contributed by atoms with Crippen molar-refractivity contribution in [1.82, 2.24) is 4.90 Å². The SMILES string of the molecule is C[C@@H]1CN(C(=O)CC2CC3CCC2C3)C[C@H]1C(=O)O. The summed E-state index contributed by atoms with van der Waals surface area (Å²) in [6.07, 6.45) is 5.86. The van der Waals surface area contributed by atoms with E-state index in [1.54, 1.807) is 4.90 Å². The molecular formula is C15H23NO3. The zero-order valence-electron chi connectivity index (χ0n) is 11.5. The van der Waals surface area contributed by atoms with Crippen LogP contribution < -0.4 is 0 Å². The van der Waals surface area contributed by atoms with Crippen molar-refractivity contribution in [3.8, 4) is 0 Å². The van der Waals surface area contributed by atoms with E-state index in [2.05, 4.69) is 0 Å². The molecule has 3 rings (SSSR count). The Hall–Kier alpha value is -1.06. The molecule has 3 fully saturated rings. The molecule has 3 unspecified atom stereocenters. The molecule has 3 aliphatic rings. The van der Waals surface area contributed by atoms with Crippen LogP contribution in [0.1, 0.15) is 39.0 Å². The van der Waals surface area contributed by atoms with Gasteiger partial charge < -0.3 is 10.0 Å². The molecule has 0 radical (unpaired) electrons. The summed E-state index contributed by atoms with van der Waals surface area (Å²) in [5.41, 5.74) is 0. The smallest absolute Gasteiger partial charge is 0.308 e. The molecule has 5 atom stereocenters. The monoisotopic (exact) mass is 265 g/mol. The third kappa shape index (κ3) is 2.37. The second-order valence-electron chi connectivity index (χ2n) is 6.86. The number of rotatable bonds is 3. The maximum Gasteiger partial charge on any atom is 0.308 e. The lowest BCUT2D eigenvalue weighted by Gasteiger charge is -2.24.